The molecule has 0 amide bonds. The van der Waals surface area contributed by atoms with Gasteiger partial charge < -0.3 is 4.98 Å². The van der Waals surface area contributed by atoms with Crippen LogP contribution >= 0.6 is 0 Å². The molecule has 1 aromatic heterocycles. The van der Waals surface area contributed by atoms with Crippen molar-refractivity contribution in [1.29, 1.82) is 0 Å². The molecule has 1 aromatic carbocycles. The van der Waals surface area contributed by atoms with E-state index in [0.717, 1.165) is 0 Å². The van der Waals surface area contributed by atoms with E-state index in [-0.39, 0.29) is 0 Å². The maximum absolute atomic E-state index is 3.52. The van der Waals surface area contributed by atoms with Crippen molar-refractivity contribution >= 4 is 10.9 Å². The summed E-state index contributed by atoms with van der Waals surface area (Å²) in [7, 11) is 0. The molecule has 1 nitrogen and oxygen atoms in total. The number of aromatic amines is 1. The minimum Gasteiger partial charge on any atom is -0.358 e. The van der Waals surface area contributed by atoms with Crippen LogP contribution in [0.1, 0.15) is 30.5 Å². The first-order chi connectivity index (χ1) is 6.95. The normalized spacial score (nSPS) is 16.6. The van der Waals surface area contributed by atoms with Gasteiger partial charge in [0.15, 0.2) is 0 Å². The maximum atomic E-state index is 3.52. The van der Waals surface area contributed by atoms with E-state index in [1.54, 1.807) is 5.56 Å². The van der Waals surface area contributed by atoms with Crippen LogP contribution < -0.4 is 0 Å². The van der Waals surface area contributed by atoms with Gasteiger partial charge in [0, 0.05) is 16.6 Å². The Hall–Kier alpha value is -1.24. The second-order valence-electron chi connectivity index (χ2n) is 4.11. The van der Waals surface area contributed by atoms with Crippen LogP contribution in [0.2, 0.25) is 0 Å². The number of hydrogen-bond acceptors (Lipinski definition) is 0. The smallest absolute Gasteiger partial charge is 0.0465 e. The van der Waals surface area contributed by atoms with E-state index in [4.69, 9.17) is 0 Å². The Morgan fingerprint density at radius 2 is 2.07 bits per heavy atom. The van der Waals surface area contributed by atoms with Crippen molar-refractivity contribution in [3.8, 4) is 0 Å². The standard InChI is InChI=1S/C13H14N/c1-2-6-10-11-7-4-5-9-13(11)14-12(10)8-3-1/h4,7,9,14H,1-3,6,8H2. The quantitative estimate of drug-likeness (QED) is 0.605. The molecule has 1 radical (unpaired) electrons. The van der Waals surface area contributed by atoms with Crippen molar-refractivity contribution in [2.45, 2.75) is 32.1 Å². The van der Waals surface area contributed by atoms with Crippen molar-refractivity contribution in [3.63, 3.8) is 0 Å². The predicted octanol–water partition coefficient (Wildman–Crippen LogP) is 3.24. The van der Waals surface area contributed by atoms with Crippen molar-refractivity contribution in [2.24, 2.45) is 0 Å². The number of aromatic nitrogens is 1. The molecule has 0 saturated carbocycles. The lowest BCUT2D eigenvalue weighted by Gasteiger charge is -1.96. The van der Waals surface area contributed by atoms with E-state index in [9.17, 15) is 0 Å². The number of hydrogen-bond donors (Lipinski definition) is 1. The van der Waals surface area contributed by atoms with E-state index in [1.165, 1.54) is 48.7 Å². The van der Waals surface area contributed by atoms with Gasteiger partial charge in [0.25, 0.3) is 0 Å². The minimum atomic E-state index is 1.23. The monoisotopic (exact) mass is 184 g/mol. The molecule has 0 bridgehead atoms. The lowest BCUT2D eigenvalue weighted by Crippen LogP contribution is -1.86. The van der Waals surface area contributed by atoms with E-state index < -0.39 is 0 Å². The van der Waals surface area contributed by atoms with Crippen LogP contribution in [0.15, 0.2) is 18.2 Å². The highest BCUT2D eigenvalue weighted by Gasteiger charge is 2.12. The fraction of sp³-hybridized carbons (Fsp3) is 0.385. The highest BCUT2D eigenvalue weighted by atomic mass is 14.7. The molecule has 1 heteroatoms. The van der Waals surface area contributed by atoms with Gasteiger partial charge in [-0.2, -0.15) is 0 Å². The fourth-order valence-electron chi connectivity index (χ4n) is 2.48. The first kappa shape index (κ1) is 8.10. The van der Waals surface area contributed by atoms with E-state index in [1.807, 2.05) is 6.07 Å². The van der Waals surface area contributed by atoms with Gasteiger partial charge in [-0.3, -0.25) is 0 Å². The largest absolute Gasteiger partial charge is 0.358 e. The Labute approximate surface area is 84.1 Å². The number of rotatable bonds is 0. The Kier molecular flexibility index (Phi) is 1.83. The number of aryl methyl sites for hydroxylation is 2. The van der Waals surface area contributed by atoms with Crippen molar-refractivity contribution in [3.05, 3.63) is 35.5 Å². The third-order valence-electron chi connectivity index (χ3n) is 3.19. The van der Waals surface area contributed by atoms with Gasteiger partial charge in [0.1, 0.15) is 0 Å². The second kappa shape index (κ2) is 3.16. The molecule has 0 saturated heterocycles. The van der Waals surface area contributed by atoms with Gasteiger partial charge in [-0.25, -0.2) is 0 Å². The topological polar surface area (TPSA) is 15.8 Å². The molecular weight excluding hydrogens is 170 g/mol. The van der Waals surface area contributed by atoms with Gasteiger partial charge in [-0.15, -0.1) is 0 Å². The number of nitrogens with one attached hydrogen (secondary N) is 1. The lowest BCUT2D eigenvalue weighted by atomic mass is 10.1. The average Bonchev–Trinajstić information content (AvgIpc) is 2.42. The summed E-state index contributed by atoms with van der Waals surface area (Å²) in [6.45, 7) is 0. The Morgan fingerprint density at radius 1 is 1.14 bits per heavy atom. The molecule has 2 aromatic rings. The Bertz CT molecular complexity index is 453. The Balaban J connectivity index is 2.24. The zero-order valence-electron chi connectivity index (χ0n) is 8.27. The molecule has 0 unspecified atom stereocenters. The zero-order valence-corrected chi connectivity index (χ0v) is 8.27. The molecule has 1 aliphatic carbocycles. The SMILES string of the molecule is [c]1ccc2c3c([nH]c2c1)CCCCC3. The number of H-pyrrole nitrogens is 1. The number of fused-ring (bicyclic) bond motifs is 3. The molecular formula is C13H14N. The van der Waals surface area contributed by atoms with Crippen molar-refractivity contribution < 1.29 is 0 Å². The van der Waals surface area contributed by atoms with Gasteiger partial charge in [0.2, 0.25) is 0 Å². The molecule has 1 N–H and O–H groups in total. The minimum absolute atomic E-state index is 1.23. The molecule has 0 atom stereocenters. The zero-order chi connectivity index (χ0) is 9.38. The molecule has 0 spiro atoms. The van der Waals surface area contributed by atoms with Gasteiger partial charge in [0.05, 0.1) is 0 Å². The molecule has 71 valence electrons. The lowest BCUT2D eigenvalue weighted by molar-refractivity contribution is 0.708. The third kappa shape index (κ3) is 1.16. The highest BCUT2D eigenvalue weighted by molar-refractivity contribution is 5.84. The van der Waals surface area contributed by atoms with Crippen LogP contribution in [0.4, 0.5) is 0 Å². The summed E-state index contributed by atoms with van der Waals surface area (Å²) in [6.07, 6.45) is 6.54. The van der Waals surface area contributed by atoms with Crippen LogP contribution in [-0.4, -0.2) is 4.98 Å². The van der Waals surface area contributed by atoms with E-state index in [2.05, 4.69) is 23.2 Å². The molecule has 14 heavy (non-hydrogen) atoms. The van der Waals surface area contributed by atoms with Crippen LogP contribution in [0.25, 0.3) is 10.9 Å². The van der Waals surface area contributed by atoms with Gasteiger partial charge >= 0.3 is 0 Å². The first-order valence-corrected chi connectivity index (χ1v) is 5.45. The summed E-state index contributed by atoms with van der Waals surface area (Å²) < 4.78 is 0. The average molecular weight is 184 g/mol. The summed E-state index contributed by atoms with van der Waals surface area (Å²) >= 11 is 0. The predicted molar refractivity (Wildman–Crippen MR) is 58.4 cm³/mol. The highest BCUT2D eigenvalue weighted by Crippen LogP contribution is 2.27. The third-order valence-corrected chi connectivity index (χ3v) is 3.19. The van der Waals surface area contributed by atoms with Crippen LogP contribution in [-0.2, 0) is 12.8 Å². The molecule has 3 rings (SSSR count). The summed E-state index contributed by atoms with van der Waals surface area (Å²) in [4.78, 5) is 3.52. The molecule has 1 aliphatic rings. The molecule has 1 heterocycles. The van der Waals surface area contributed by atoms with Crippen LogP contribution in [0.3, 0.4) is 0 Å². The van der Waals surface area contributed by atoms with Crippen molar-refractivity contribution in [1.82, 2.24) is 4.98 Å². The molecule has 0 aliphatic heterocycles. The van der Waals surface area contributed by atoms with Gasteiger partial charge in [-0.05, 0) is 43.4 Å². The van der Waals surface area contributed by atoms with Gasteiger partial charge in [-0.1, -0.05) is 18.6 Å². The molecule has 0 fully saturated rings. The second-order valence-corrected chi connectivity index (χ2v) is 4.11. The van der Waals surface area contributed by atoms with Crippen LogP contribution in [0.5, 0.6) is 0 Å². The summed E-state index contributed by atoms with van der Waals surface area (Å²) in [5.74, 6) is 0. The van der Waals surface area contributed by atoms with E-state index in [0.29, 0.717) is 0 Å². The maximum Gasteiger partial charge on any atom is 0.0465 e. The number of benzene rings is 1. The summed E-state index contributed by atoms with van der Waals surface area (Å²) in [5, 5.41) is 1.42. The van der Waals surface area contributed by atoms with E-state index >= 15 is 0 Å². The fourth-order valence-corrected chi connectivity index (χ4v) is 2.48. The van der Waals surface area contributed by atoms with Crippen LogP contribution in [0, 0.1) is 6.07 Å². The summed E-state index contributed by atoms with van der Waals surface area (Å²) in [5.41, 5.74) is 4.29. The van der Waals surface area contributed by atoms with Crippen molar-refractivity contribution in [2.75, 3.05) is 0 Å². The first-order valence-electron chi connectivity index (χ1n) is 5.45. The Morgan fingerprint density at radius 3 is 3.07 bits per heavy atom. The summed E-state index contributed by atoms with van der Waals surface area (Å²) in [6, 6.07) is 9.39.